The van der Waals surface area contributed by atoms with E-state index in [1.165, 1.54) is 0 Å². The first-order valence-corrected chi connectivity index (χ1v) is 7.97. The molecule has 0 saturated heterocycles. The first kappa shape index (κ1) is 16.4. The van der Waals surface area contributed by atoms with Crippen molar-refractivity contribution in [3.05, 3.63) is 0 Å². The van der Waals surface area contributed by atoms with E-state index in [0.717, 1.165) is 19.3 Å². The summed E-state index contributed by atoms with van der Waals surface area (Å²) in [5.74, 6) is -0.809. The van der Waals surface area contributed by atoms with E-state index in [9.17, 15) is 13.2 Å². The highest BCUT2D eigenvalue weighted by Crippen LogP contribution is 2.00. The van der Waals surface area contributed by atoms with Crippen LogP contribution in [0.5, 0.6) is 0 Å². The molecule has 1 unspecified atom stereocenters. The van der Waals surface area contributed by atoms with E-state index >= 15 is 0 Å². The van der Waals surface area contributed by atoms with Crippen LogP contribution >= 0.6 is 0 Å². The molecule has 6 heteroatoms. The van der Waals surface area contributed by atoms with Gasteiger partial charge in [0, 0.05) is 12.6 Å². The van der Waals surface area contributed by atoms with Crippen LogP contribution in [0.2, 0.25) is 0 Å². The number of hydrogen-bond acceptors (Lipinski definition) is 4. The second-order valence-electron chi connectivity index (χ2n) is 4.23. The Bertz CT molecular complexity index is 315. The molecule has 3 N–H and O–H groups in total. The van der Waals surface area contributed by atoms with Crippen molar-refractivity contribution in [3.8, 4) is 0 Å². The van der Waals surface area contributed by atoms with Gasteiger partial charge in [0.15, 0.2) is 9.84 Å². The minimum absolute atomic E-state index is 0.0582. The zero-order chi connectivity index (χ0) is 13.3. The topological polar surface area (TPSA) is 89.3 Å². The summed E-state index contributed by atoms with van der Waals surface area (Å²) in [5.41, 5.74) is 5.52. The zero-order valence-electron chi connectivity index (χ0n) is 10.7. The molecular weight excluding hydrogens is 240 g/mol. The third-order valence-corrected chi connectivity index (χ3v) is 4.15. The van der Waals surface area contributed by atoms with Gasteiger partial charge in [0.05, 0.1) is 5.75 Å². The molecule has 1 amide bonds. The SMILES string of the molecule is CCCCC(CN)NC(=O)CS(=O)(=O)CCC. The summed E-state index contributed by atoms with van der Waals surface area (Å²) >= 11 is 0. The van der Waals surface area contributed by atoms with Crippen LogP contribution < -0.4 is 11.1 Å². The summed E-state index contributed by atoms with van der Waals surface area (Å²) in [7, 11) is -3.26. The molecule has 0 saturated carbocycles. The lowest BCUT2D eigenvalue weighted by Gasteiger charge is -2.16. The molecule has 17 heavy (non-hydrogen) atoms. The van der Waals surface area contributed by atoms with E-state index in [1.54, 1.807) is 6.92 Å². The maximum Gasteiger partial charge on any atom is 0.235 e. The lowest BCUT2D eigenvalue weighted by atomic mass is 10.1. The van der Waals surface area contributed by atoms with E-state index in [4.69, 9.17) is 5.73 Å². The molecule has 0 aromatic carbocycles. The smallest absolute Gasteiger partial charge is 0.235 e. The minimum atomic E-state index is -3.26. The Morgan fingerprint density at radius 1 is 1.29 bits per heavy atom. The zero-order valence-corrected chi connectivity index (χ0v) is 11.6. The van der Waals surface area contributed by atoms with Crippen molar-refractivity contribution in [1.82, 2.24) is 5.32 Å². The molecule has 102 valence electrons. The standard InChI is InChI=1S/C11H24N2O3S/c1-3-5-6-10(8-12)13-11(14)9-17(15,16)7-4-2/h10H,3-9,12H2,1-2H3,(H,13,14). The van der Waals surface area contributed by atoms with Crippen LogP contribution in [0.3, 0.4) is 0 Å². The Morgan fingerprint density at radius 3 is 2.41 bits per heavy atom. The van der Waals surface area contributed by atoms with Crippen LogP contribution in [0.1, 0.15) is 39.5 Å². The van der Waals surface area contributed by atoms with Gasteiger partial charge in [0.1, 0.15) is 5.75 Å². The predicted molar refractivity (Wildman–Crippen MR) is 69.5 cm³/mol. The quantitative estimate of drug-likeness (QED) is 0.632. The van der Waals surface area contributed by atoms with Gasteiger partial charge >= 0.3 is 0 Å². The molecule has 0 aromatic rings. The molecule has 5 nitrogen and oxygen atoms in total. The van der Waals surface area contributed by atoms with E-state index < -0.39 is 21.5 Å². The van der Waals surface area contributed by atoms with Gasteiger partial charge in [0.25, 0.3) is 0 Å². The first-order valence-electron chi connectivity index (χ1n) is 6.15. The lowest BCUT2D eigenvalue weighted by molar-refractivity contribution is -0.119. The highest BCUT2D eigenvalue weighted by atomic mass is 32.2. The van der Waals surface area contributed by atoms with Crippen LogP contribution in [-0.2, 0) is 14.6 Å². The van der Waals surface area contributed by atoms with E-state index in [0.29, 0.717) is 13.0 Å². The van der Waals surface area contributed by atoms with Crippen molar-refractivity contribution in [2.75, 3.05) is 18.1 Å². The highest BCUT2D eigenvalue weighted by molar-refractivity contribution is 7.92. The maximum atomic E-state index is 11.5. The summed E-state index contributed by atoms with van der Waals surface area (Å²) in [6.45, 7) is 4.18. The fraction of sp³-hybridized carbons (Fsp3) is 0.909. The van der Waals surface area contributed by atoms with Crippen molar-refractivity contribution < 1.29 is 13.2 Å². The molecule has 0 aliphatic heterocycles. The molecule has 0 aromatic heterocycles. The average molecular weight is 264 g/mol. The molecule has 0 fully saturated rings. The predicted octanol–water partition coefficient (Wildman–Crippen LogP) is 0.445. The highest BCUT2D eigenvalue weighted by Gasteiger charge is 2.17. The van der Waals surface area contributed by atoms with Crippen molar-refractivity contribution in [2.24, 2.45) is 5.73 Å². The van der Waals surface area contributed by atoms with Gasteiger partial charge in [-0.3, -0.25) is 4.79 Å². The Kier molecular flexibility index (Phi) is 8.16. The number of carbonyl (C=O) groups excluding carboxylic acids is 1. The number of carbonyl (C=O) groups is 1. The van der Waals surface area contributed by atoms with Crippen LogP contribution in [0.15, 0.2) is 0 Å². The maximum absolute atomic E-state index is 11.5. The molecular formula is C11H24N2O3S. The van der Waals surface area contributed by atoms with Gasteiger partial charge in [-0.25, -0.2) is 8.42 Å². The molecule has 0 rings (SSSR count). The van der Waals surface area contributed by atoms with Gasteiger partial charge in [-0.15, -0.1) is 0 Å². The van der Waals surface area contributed by atoms with Gasteiger partial charge in [-0.2, -0.15) is 0 Å². The fourth-order valence-corrected chi connectivity index (χ4v) is 2.80. The minimum Gasteiger partial charge on any atom is -0.351 e. The van der Waals surface area contributed by atoms with Crippen LogP contribution in [0, 0.1) is 0 Å². The van der Waals surface area contributed by atoms with Crippen molar-refractivity contribution >= 4 is 15.7 Å². The van der Waals surface area contributed by atoms with E-state index in [2.05, 4.69) is 12.2 Å². The van der Waals surface area contributed by atoms with Crippen molar-refractivity contribution in [2.45, 2.75) is 45.6 Å². The van der Waals surface area contributed by atoms with Crippen molar-refractivity contribution in [3.63, 3.8) is 0 Å². The van der Waals surface area contributed by atoms with Crippen molar-refractivity contribution in [1.29, 1.82) is 0 Å². The molecule has 0 bridgehead atoms. The summed E-state index contributed by atoms with van der Waals surface area (Å²) < 4.78 is 22.9. The van der Waals surface area contributed by atoms with E-state index in [-0.39, 0.29) is 11.8 Å². The summed E-state index contributed by atoms with van der Waals surface area (Å²) in [6, 6.07) is -0.112. The van der Waals surface area contributed by atoms with Gasteiger partial charge in [-0.05, 0) is 12.8 Å². The third-order valence-electron chi connectivity index (χ3n) is 2.42. The van der Waals surface area contributed by atoms with Gasteiger partial charge in [0.2, 0.25) is 5.91 Å². The largest absolute Gasteiger partial charge is 0.351 e. The Hall–Kier alpha value is -0.620. The Morgan fingerprint density at radius 2 is 1.94 bits per heavy atom. The molecule has 0 spiro atoms. The second kappa shape index (κ2) is 8.47. The number of sulfone groups is 1. The normalized spacial score (nSPS) is 13.4. The molecule has 0 radical (unpaired) electrons. The summed E-state index contributed by atoms with van der Waals surface area (Å²) in [4.78, 5) is 11.5. The number of hydrogen-bond donors (Lipinski definition) is 2. The first-order chi connectivity index (χ1) is 7.95. The van der Waals surface area contributed by atoms with Crippen LogP contribution in [0.4, 0.5) is 0 Å². The van der Waals surface area contributed by atoms with E-state index in [1.807, 2.05) is 0 Å². The number of unbranched alkanes of at least 4 members (excludes halogenated alkanes) is 1. The number of nitrogens with two attached hydrogens (primary N) is 1. The second-order valence-corrected chi connectivity index (χ2v) is 6.42. The Labute approximate surface area is 104 Å². The molecule has 1 atom stereocenters. The molecule has 0 aliphatic rings. The number of rotatable bonds is 9. The van der Waals surface area contributed by atoms with Gasteiger partial charge < -0.3 is 11.1 Å². The van der Waals surface area contributed by atoms with Crippen LogP contribution in [-0.4, -0.2) is 38.4 Å². The Balaban J connectivity index is 4.15. The number of amides is 1. The van der Waals surface area contributed by atoms with Gasteiger partial charge in [-0.1, -0.05) is 26.7 Å². The monoisotopic (exact) mass is 264 g/mol. The fourth-order valence-electron chi connectivity index (χ4n) is 1.55. The lowest BCUT2D eigenvalue weighted by Crippen LogP contribution is -2.43. The molecule has 0 heterocycles. The molecule has 0 aliphatic carbocycles. The number of nitrogens with one attached hydrogen (secondary N) is 1. The summed E-state index contributed by atoms with van der Waals surface area (Å²) in [6.07, 6.45) is 3.34. The summed E-state index contributed by atoms with van der Waals surface area (Å²) in [5, 5.41) is 2.67. The van der Waals surface area contributed by atoms with Crippen LogP contribution in [0.25, 0.3) is 0 Å². The third kappa shape index (κ3) is 8.15. The average Bonchev–Trinajstić information content (AvgIpc) is 2.23.